The molecule has 2 saturated heterocycles. The fourth-order valence-electron chi connectivity index (χ4n) is 5.31. The first kappa shape index (κ1) is 20.5. The Kier molecular flexibility index (Phi) is 6.62. The molecule has 3 rings (SSSR count). The maximum absolute atomic E-state index is 13.5. The Labute approximate surface area is 159 Å². The largest absolute Gasteiger partial charge is 0.301 e. The van der Waals surface area contributed by atoms with Crippen molar-refractivity contribution in [2.75, 3.05) is 45.8 Å². The highest BCUT2D eigenvalue weighted by Gasteiger charge is 2.54. The first-order valence-corrected chi connectivity index (χ1v) is 10.8. The van der Waals surface area contributed by atoms with Gasteiger partial charge in [-0.2, -0.15) is 0 Å². The first-order chi connectivity index (χ1) is 12.3. The van der Waals surface area contributed by atoms with E-state index in [9.17, 15) is 8.78 Å². The Hall–Kier alpha value is -0.260. The number of piperidine rings is 1. The zero-order chi connectivity index (χ0) is 18.9. The molecular weight excluding hydrogens is 332 g/mol. The van der Waals surface area contributed by atoms with Gasteiger partial charge < -0.3 is 9.80 Å². The molecule has 152 valence electrons. The Balaban J connectivity index is 1.38. The summed E-state index contributed by atoms with van der Waals surface area (Å²) >= 11 is 0. The van der Waals surface area contributed by atoms with Crippen molar-refractivity contribution in [3.8, 4) is 0 Å². The second-order valence-corrected chi connectivity index (χ2v) is 9.66. The van der Waals surface area contributed by atoms with Gasteiger partial charge in [0.2, 0.25) is 6.43 Å². The monoisotopic (exact) mass is 371 g/mol. The summed E-state index contributed by atoms with van der Waals surface area (Å²) in [5.41, 5.74) is -0.716. The van der Waals surface area contributed by atoms with Crippen molar-refractivity contribution in [2.24, 2.45) is 17.3 Å². The van der Waals surface area contributed by atoms with Gasteiger partial charge in [0.15, 0.2) is 0 Å². The number of alkyl halides is 2. The molecule has 2 heterocycles. The summed E-state index contributed by atoms with van der Waals surface area (Å²) < 4.78 is 27.0. The smallest absolute Gasteiger partial charge is 0.244 e. The van der Waals surface area contributed by atoms with E-state index in [-0.39, 0.29) is 5.92 Å². The molecule has 2 aliphatic heterocycles. The van der Waals surface area contributed by atoms with Crippen LogP contribution in [-0.2, 0) is 0 Å². The van der Waals surface area contributed by atoms with E-state index < -0.39 is 11.8 Å². The standard InChI is InChI=1S/C21H39F2N3/c1-16(2)21(20(22)23)13-19(14-21)26-11-9-24(10-12-26)15-18-5-7-25(8-6-18)17(3)4/h16-20H,5-15H2,1-4H3. The fourth-order valence-corrected chi connectivity index (χ4v) is 5.31. The zero-order valence-electron chi connectivity index (χ0n) is 17.3. The quantitative estimate of drug-likeness (QED) is 0.703. The van der Waals surface area contributed by atoms with E-state index in [2.05, 4.69) is 28.5 Å². The van der Waals surface area contributed by atoms with Gasteiger partial charge in [0.1, 0.15) is 0 Å². The van der Waals surface area contributed by atoms with Crippen LogP contribution < -0.4 is 0 Å². The number of piperazine rings is 1. The van der Waals surface area contributed by atoms with Crippen molar-refractivity contribution in [3.05, 3.63) is 0 Å². The van der Waals surface area contributed by atoms with Gasteiger partial charge in [-0.15, -0.1) is 0 Å². The normalized spacial score (nSPS) is 33.3. The van der Waals surface area contributed by atoms with Gasteiger partial charge in [-0.25, -0.2) is 8.78 Å². The van der Waals surface area contributed by atoms with Gasteiger partial charge in [0.25, 0.3) is 0 Å². The molecule has 3 fully saturated rings. The lowest BCUT2D eigenvalue weighted by Gasteiger charge is -2.55. The highest BCUT2D eigenvalue weighted by atomic mass is 19.3. The molecule has 0 radical (unpaired) electrons. The second-order valence-electron chi connectivity index (χ2n) is 9.66. The van der Waals surface area contributed by atoms with Gasteiger partial charge in [0, 0.05) is 50.2 Å². The van der Waals surface area contributed by atoms with Gasteiger partial charge in [-0.3, -0.25) is 4.90 Å². The van der Waals surface area contributed by atoms with Crippen LogP contribution in [-0.4, -0.2) is 79.0 Å². The SMILES string of the molecule is CC(C)N1CCC(CN2CCN(C3CC(C(C)C)(C(F)F)C3)CC2)CC1. The molecule has 0 bridgehead atoms. The number of halogens is 2. The molecule has 3 nitrogen and oxygen atoms in total. The molecule has 3 aliphatic rings. The van der Waals surface area contributed by atoms with Gasteiger partial charge >= 0.3 is 0 Å². The summed E-state index contributed by atoms with van der Waals surface area (Å²) in [6.07, 6.45) is 1.86. The lowest BCUT2D eigenvalue weighted by Crippen LogP contribution is -2.60. The Bertz CT molecular complexity index is 423. The third-order valence-electron chi connectivity index (χ3n) is 7.63. The van der Waals surface area contributed by atoms with Crippen LogP contribution in [0.2, 0.25) is 0 Å². The van der Waals surface area contributed by atoms with Crippen molar-refractivity contribution < 1.29 is 8.78 Å². The molecule has 0 amide bonds. The lowest BCUT2D eigenvalue weighted by molar-refractivity contribution is -0.138. The molecule has 1 saturated carbocycles. The molecule has 26 heavy (non-hydrogen) atoms. The molecule has 5 heteroatoms. The van der Waals surface area contributed by atoms with Crippen molar-refractivity contribution in [1.29, 1.82) is 0 Å². The summed E-state index contributed by atoms with van der Waals surface area (Å²) in [7, 11) is 0. The average molecular weight is 372 g/mol. The van der Waals surface area contributed by atoms with Crippen molar-refractivity contribution in [3.63, 3.8) is 0 Å². The average Bonchev–Trinajstić information content (AvgIpc) is 2.55. The van der Waals surface area contributed by atoms with Crippen LogP contribution in [0.4, 0.5) is 8.78 Å². The van der Waals surface area contributed by atoms with E-state index in [0.717, 1.165) is 32.1 Å². The summed E-state index contributed by atoms with van der Waals surface area (Å²) in [6, 6.07) is 1.07. The Morgan fingerprint density at radius 3 is 1.92 bits per heavy atom. The summed E-state index contributed by atoms with van der Waals surface area (Å²) in [5, 5.41) is 0. The van der Waals surface area contributed by atoms with Gasteiger partial charge in [0.05, 0.1) is 0 Å². The molecular formula is C21H39F2N3. The van der Waals surface area contributed by atoms with E-state index >= 15 is 0 Å². The van der Waals surface area contributed by atoms with Crippen LogP contribution in [0, 0.1) is 17.3 Å². The minimum Gasteiger partial charge on any atom is -0.301 e. The highest BCUT2D eigenvalue weighted by Crippen LogP contribution is 2.53. The highest BCUT2D eigenvalue weighted by molar-refractivity contribution is 5.02. The van der Waals surface area contributed by atoms with Crippen LogP contribution in [0.15, 0.2) is 0 Å². The Morgan fingerprint density at radius 1 is 0.885 bits per heavy atom. The van der Waals surface area contributed by atoms with Crippen molar-refractivity contribution in [2.45, 2.75) is 71.9 Å². The zero-order valence-corrected chi connectivity index (χ0v) is 17.3. The van der Waals surface area contributed by atoms with Crippen LogP contribution in [0.25, 0.3) is 0 Å². The third-order valence-corrected chi connectivity index (χ3v) is 7.63. The lowest BCUT2D eigenvalue weighted by atomic mass is 9.59. The first-order valence-electron chi connectivity index (χ1n) is 10.8. The van der Waals surface area contributed by atoms with Gasteiger partial charge in [-0.05, 0) is 64.5 Å². The van der Waals surface area contributed by atoms with Gasteiger partial charge in [-0.1, -0.05) is 13.8 Å². The minimum atomic E-state index is -2.17. The summed E-state index contributed by atoms with van der Waals surface area (Å²) in [5.74, 6) is 0.921. The summed E-state index contributed by atoms with van der Waals surface area (Å²) in [4.78, 5) is 7.70. The molecule has 0 aromatic heterocycles. The molecule has 1 aliphatic carbocycles. The fraction of sp³-hybridized carbons (Fsp3) is 1.00. The topological polar surface area (TPSA) is 9.72 Å². The predicted octanol–water partition coefficient (Wildman–Crippen LogP) is 3.79. The number of nitrogens with zero attached hydrogens (tertiary/aromatic N) is 3. The van der Waals surface area contributed by atoms with Crippen LogP contribution in [0.3, 0.4) is 0 Å². The van der Waals surface area contributed by atoms with E-state index in [1.807, 2.05) is 13.8 Å². The summed E-state index contributed by atoms with van der Waals surface area (Å²) in [6.45, 7) is 16.6. The molecule has 0 unspecified atom stereocenters. The number of hydrogen-bond donors (Lipinski definition) is 0. The minimum absolute atomic E-state index is 0.0803. The molecule has 0 aromatic rings. The predicted molar refractivity (Wildman–Crippen MR) is 104 cm³/mol. The molecule has 0 aromatic carbocycles. The van der Waals surface area contributed by atoms with E-state index in [4.69, 9.17) is 0 Å². The van der Waals surface area contributed by atoms with Crippen LogP contribution in [0.5, 0.6) is 0 Å². The number of hydrogen-bond acceptors (Lipinski definition) is 3. The van der Waals surface area contributed by atoms with Crippen molar-refractivity contribution >= 4 is 0 Å². The van der Waals surface area contributed by atoms with E-state index in [0.29, 0.717) is 24.9 Å². The Morgan fingerprint density at radius 2 is 1.46 bits per heavy atom. The third kappa shape index (κ3) is 4.25. The van der Waals surface area contributed by atoms with Crippen LogP contribution in [0.1, 0.15) is 53.4 Å². The van der Waals surface area contributed by atoms with E-state index in [1.165, 1.54) is 32.5 Å². The van der Waals surface area contributed by atoms with Crippen molar-refractivity contribution in [1.82, 2.24) is 14.7 Å². The van der Waals surface area contributed by atoms with Crippen LogP contribution >= 0.6 is 0 Å². The molecule has 0 atom stereocenters. The molecule has 0 N–H and O–H groups in total. The maximum Gasteiger partial charge on any atom is 0.244 e. The van der Waals surface area contributed by atoms with E-state index in [1.54, 1.807) is 0 Å². The molecule has 0 spiro atoms. The number of rotatable bonds is 6. The second kappa shape index (κ2) is 8.40. The number of likely N-dealkylation sites (tertiary alicyclic amines) is 1. The maximum atomic E-state index is 13.5.